The van der Waals surface area contributed by atoms with E-state index in [9.17, 15) is 4.79 Å². The molecule has 0 radical (unpaired) electrons. The van der Waals surface area contributed by atoms with E-state index in [0.717, 1.165) is 5.56 Å². The minimum Gasteiger partial charge on any atom is -0.468 e. The van der Waals surface area contributed by atoms with Gasteiger partial charge in [0.2, 0.25) is 5.88 Å². The molecule has 1 aromatic heterocycles. The molecule has 1 heterocycles. The Kier molecular flexibility index (Phi) is 4.82. The van der Waals surface area contributed by atoms with Crippen LogP contribution in [0.2, 0.25) is 10.0 Å². The molecule has 0 aliphatic rings. The number of hydrogen-bond donors (Lipinski definition) is 1. The van der Waals surface area contributed by atoms with E-state index >= 15 is 0 Å². The summed E-state index contributed by atoms with van der Waals surface area (Å²) in [6.07, 6.45) is 1.59. The summed E-state index contributed by atoms with van der Waals surface area (Å²) in [6, 6.07) is 8.49. The molecule has 2 aromatic rings. The van der Waals surface area contributed by atoms with Gasteiger partial charge in [0.05, 0.1) is 0 Å². The first-order chi connectivity index (χ1) is 9.56. The molecule has 0 aliphatic heterocycles. The lowest BCUT2D eigenvalue weighted by atomic mass is 10.2. The van der Waals surface area contributed by atoms with Crippen molar-refractivity contribution in [2.75, 3.05) is 11.9 Å². The van der Waals surface area contributed by atoms with Gasteiger partial charge in [0.15, 0.2) is 6.61 Å². The number of carbonyl (C=O) groups is 1. The molecule has 6 heteroatoms. The number of aromatic nitrogens is 1. The molecule has 104 valence electrons. The highest BCUT2D eigenvalue weighted by atomic mass is 35.5. The minimum absolute atomic E-state index is 0.138. The van der Waals surface area contributed by atoms with Crippen molar-refractivity contribution in [3.05, 3.63) is 52.1 Å². The molecule has 0 saturated carbocycles. The Morgan fingerprint density at radius 3 is 2.85 bits per heavy atom. The zero-order valence-corrected chi connectivity index (χ0v) is 12.2. The number of amides is 1. The van der Waals surface area contributed by atoms with Gasteiger partial charge in [0, 0.05) is 28.0 Å². The van der Waals surface area contributed by atoms with E-state index in [0.29, 0.717) is 21.6 Å². The number of nitrogens with zero attached hydrogens (tertiary/aromatic N) is 1. The summed E-state index contributed by atoms with van der Waals surface area (Å²) < 4.78 is 5.25. The SMILES string of the molecule is Cc1c(Cl)cc(Cl)cc1NC(=O)COc1ccccn1. The molecular weight excluding hydrogens is 299 g/mol. The van der Waals surface area contributed by atoms with Crippen molar-refractivity contribution in [2.45, 2.75) is 6.92 Å². The van der Waals surface area contributed by atoms with Crippen LogP contribution in [0.5, 0.6) is 5.88 Å². The number of benzene rings is 1. The first-order valence-corrected chi connectivity index (χ1v) is 6.61. The van der Waals surface area contributed by atoms with Gasteiger partial charge in [-0.15, -0.1) is 0 Å². The molecule has 0 aliphatic carbocycles. The van der Waals surface area contributed by atoms with Gasteiger partial charge in [0.25, 0.3) is 5.91 Å². The maximum absolute atomic E-state index is 11.8. The number of pyridine rings is 1. The zero-order valence-electron chi connectivity index (χ0n) is 10.7. The lowest BCUT2D eigenvalue weighted by Crippen LogP contribution is -2.21. The van der Waals surface area contributed by atoms with Crippen LogP contribution in [-0.4, -0.2) is 17.5 Å². The van der Waals surface area contributed by atoms with E-state index in [2.05, 4.69) is 10.3 Å². The quantitative estimate of drug-likeness (QED) is 0.936. The second kappa shape index (κ2) is 6.59. The van der Waals surface area contributed by atoms with Crippen LogP contribution in [0.15, 0.2) is 36.5 Å². The molecule has 0 saturated heterocycles. The molecule has 20 heavy (non-hydrogen) atoms. The standard InChI is InChI=1S/C14H12Cl2N2O2/c1-9-11(16)6-10(15)7-12(9)18-13(19)8-20-14-4-2-3-5-17-14/h2-7H,8H2,1H3,(H,18,19). The lowest BCUT2D eigenvalue weighted by Gasteiger charge is -2.10. The maximum Gasteiger partial charge on any atom is 0.262 e. The van der Waals surface area contributed by atoms with E-state index in [4.69, 9.17) is 27.9 Å². The number of ether oxygens (including phenoxy) is 1. The Hall–Kier alpha value is -1.78. The fourth-order valence-corrected chi connectivity index (χ4v) is 2.03. The molecule has 0 unspecified atom stereocenters. The summed E-state index contributed by atoms with van der Waals surface area (Å²) >= 11 is 11.9. The van der Waals surface area contributed by atoms with Gasteiger partial charge in [-0.1, -0.05) is 29.3 Å². The number of carbonyl (C=O) groups excluding carboxylic acids is 1. The molecule has 1 aromatic carbocycles. The maximum atomic E-state index is 11.8. The highest BCUT2D eigenvalue weighted by Crippen LogP contribution is 2.28. The van der Waals surface area contributed by atoms with Crippen LogP contribution < -0.4 is 10.1 Å². The third-order valence-electron chi connectivity index (χ3n) is 2.57. The van der Waals surface area contributed by atoms with Gasteiger partial charge in [-0.3, -0.25) is 4.79 Å². The van der Waals surface area contributed by atoms with Crippen LogP contribution in [0.3, 0.4) is 0 Å². The van der Waals surface area contributed by atoms with Gasteiger partial charge in [-0.2, -0.15) is 0 Å². The van der Waals surface area contributed by atoms with Crippen LogP contribution >= 0.6 is 23.2 Å². The Bertz CT molecular complexity index is 618. The van der Waals surface area contributed by atoms with Crippen LogP contribution in [0.4, 0.5) is 5.69 Å². The minimum atomic E-state index is -0.308. The van der Waals surface area contributed by atoms with Gasteiger partial charge >= 0.3 is 0 Å². The lowest BCUT2D eigenvalue weighted by molar-refractivity contribution is -0.118. The normalized spacial score (nSPS) is 10.2. The van der Waals surface area contributed by atoms with Crippen molar-refractivity contribution in [3.63, 3.8) is 0 Å². The third-order valence-corrected chi connectivity index (χ3v) is 3.18. The van der Waals surface area contributed by atoms with Gasteiger partial charge in [0.1, 0.15) is 0 Å². The van der Waals surface area contributed by atoms with Crippen molar-refractivity contribution in [3.8, 4) is 5.88 Å². The second-order valence-corrected chi connectivity index (χ2v) is 4.91. The van der Waals surface area contributed by atoms with Crippen LogP contribution in [0, 0.1) is 6.92 Å². The first-order valence-electron chi connectivity index (χ1n) is 5.85. The highest BCUT2D eigenvalue weighted by molar-refractivity contribution is 6.35. The van der Waals surface area contributed by atoms with E-state index in [1.807, 2.05) is 0 Å². The molecule has 1 N–H and O–H groups in total. The average molecular weight is 311 g/mol. The number of anilines is 1. The van der Waals surface area contributed by atoms with Crippen LogP contribution in [0.1, 0.15) is 5.56 Å². The Morgan fingerprint density at radius 1 is 1.35 bits per heavy atom. The summed E-state index contributed by atoms with van der Waals surface area (Å²) in [6.45, 7) is 1.66. The number of rotatable bonds is 4. The Labute approximate surface area is 126 Å². The summed E-state index contributed by atoms with van der Waals surface area (Å²) in [5.74, 6) is 0.0839. The number of nitrogens with one attached hydrogen (secondary N) is 1. The third kappa shape index (κ3) is 3.85. The highest BCUT2D eigenvalue weighted by Gasteiger charge is 2.09. The monoisotopic (exact) mass is 310 g/mol. The summed E-state index contributed by atoms with van der Waals surface area (Å²) in [5, 5.41) is 3.66. The van der Waals surface area contributed by atoms with Crippen LogP contribution in [-0.2, 0) is 4.79 Å². The van der Waals surface area contributed by atoms with Crippen molar-refractivity contribution in [1.82, 2.24) is 4.98 Å². The zero-order chi connectivity index (χ0) is 14.5. The summed E-state index contributed by atoms with van der Waals surface area (Å²) in [4.78, 5) is 15.8. The largest absolute Gasteiger partial charge is 0.468 e. The van der Waals surface area contributed by atoms with Crippen molar-refractivity contribution >= 4 is 34.8 Å². The van der Waals surface area contributed by atoms with E-state index < -0.39 is 0 Å². The molecule has 0 bridgehead atoms. The van der Waals surface area contributed by atoms with Gasteiger partial charge in [-0.05, 0) is 30.7 Å². The van der Waals surface area contributed by atoms with E-state index in [1.54, 1.807) is 43.5 Å². The molecular formula is C14H12Cl2N2O2. The molecule has 2 rings (SSSR count). The van der Waals surface area contributed by atoms with Crippen molar-refractivity contribution in [1.29, 1.82) is 0 Å². The fourth-order valence-electron chi connectivity index (χ4n) is 1.53. The summed E-state index contributed by atoms with van der Waals surface area (Å²) in [5.41, 5.74) is 1.32. The number of hydrogen-bond acceptors (Lipinski definition) is 3. The van der Waals surface area contributed by atoms with Crippen LogP contribution in [0.25, 0.3) is 0 Å². The Morgan fingerprint density at radius 2 is 2.15 bits per heavy atom. The summed E-state index contributed by atoms with van der Waals surface area (Å²) in [7, 11) is 0. The topological polar surface area (TPSA) is 51.2 Å². The van der Waals surface area contributed by atoms with Gasteiger partial charge in [-0.25, -0.2) is 4.98 Å². The molecule has 4 nitrogen and oxygen atoms in total. The average Bonchev–Trinajstić information content (AvgIpc) is 2.43. The van der Waals surface area contributed by atoms with Crippen molar-refractivity contribution in [2.24, 2.45) is 0 Å². The fraction of sp³-hybridized carbons (Fsp3) is 0.143. The Balaban J connectivity index is 1.98. The smallest absolute Gasteiger partial charge is 0.262 e. The number of halogens is 2. The molecule has 0 spiro atoms. The molecule has 0 atom stereocenters. The predicted molar refractivity (Wildman–Crippen MR) is 79.6 cm³/mol. The first kappa shape index (κ1) is 14.6. The predicted octanol–water partition coefficient (Wildman–Crippen LogP) is 3.71. The molecule has 1 amide bonds. The van der Waals surface area contributed by atoms with Gasteiger partial charge < -0.3 is 10.1 Å². The van der Waals surface area contributed by atoms with Crippen molar-refractivity contribution < 1.29 is 9.53 Å². The molecule has 0 fully saturated rings. The van der Waals surface area contributed by atoms with E-state index in [-0.39, 0.29) is 12.5 Å². The second-order valence-electron chi connectivity index (χ2n) is 4.06. The van der Waals surface area contributed by atoms with E-state index in [1.165, 1.54) is 0 Å².